The predicted octanol–water partition coefficient (Wildman–Crippen LogP) is 2.20. The second-order valence-electron chi connectivity index (χ2n) is 5.05. The zero-order valence-electron chi connectivity index (χ0n) is 12.3. The van der Waals surface area contributed by atoms with Crippen LogP contribution in [0.1, 0.15) is 17.2 Å². The molecule has 0 unspecified atom stereocenters. The quantitative estimate of drug-likeness (QED) is 0.780. The maximum atomic E-state index is 4.43. The van der Waals surface area contributed by atoms with Crippen molar-refractivity contribution in [2.45, 2.75) is 20.0 Å². The largest absolute Gasteiger partial charge is 0.305 e. The molecule has 5 heteroatoms. The zero-order valence-corrected chi connectivity index (χ0v) is 12.3. The van der Waals surface area contributed by atoms with E-state index in [0.29, 0.717) is 0 Å². The van der Waals surface area contributed by atoms with Gasteiger partial charge in [-0.1, -0.05) is 18.2 Å². The van der Waals surface area contributed by atoms with E-state index in [1.54, 1.807) is 0 Å². The van der Waals surface area contributed by atoms with Crippen molar-refractivity contribution >= 4 is 0 Å². The van der Waals surface area contributed by atoms with Gasteiger partial charge in [0.05, 0.1) is 17.6 Å². The van der Waals surface area contributed by atoms with Crippen LogP contribution in [0.25, 0.3) is 5.69 Å². The molecule has 108 valence electrons. The molecule has 3 aromatic rings. The van der Waals surface area contributed by atoms with Crippen LogP contribution in [0.2, 0.25) is 0 Å². The standard InChI is InChI=1S/C16H19N5/c1-13-18-12-16(21(13)15-6-4-3-5-7-15)11-17-10-14-8-9-20(2)19-14/h3-9,12,17H,10-11H2,1-2H3. The van der Waals surface area contributed by atoms with Crippen molar-refractivity contribution in [1.29, 1.82) is 0 Å². The molecule has 0 aliphatic rings. The van der Waals surface area contributed by atoms with Crippen LogP contribution in [-0.2, 0) is 20.1 Å². The molecule has 0 radical (unpaired) electrons. The van der Waals surface area contributed by atoms with Gasteiger partial charge in [-0.3, -0.25) is 9.25 Å². The van der Waals surface area contributed by atoms with Crippen LogP contribution < -0.4 is 5.32 Å². The smallest absolute Gasteiger partial charge is 0.110 e. The van der Waals surface area contributed by atoms with Gasteiger partial charge in [0.1, 0.15) is 5.82 Å². The summed E-state index contributed by atoms with van der Waals surface area (Å²) < 4.78 is 3.99. The summed E-state index contributed by atoms with van der Waals surface area (Å²) >= 11 is 0. The molecule has 0 atom stereocenters. The number of imidazole rings is 1. The Bertz CT molecular complexity index is 711. The number of aryl methyl sites for hydroxylation is 2. The maximum Gasteiger partial charge on any atom is 0.110 e. The summed E-state index contributed by atoms with van der Waals surface area (Å²) in [6, 6.07) is 12.3. The van der Waals surface area contributed by atoms with E-state index >= 15 is 0 Å². The van der Waals surface area contributed by atoms with Gasteiger partial charge in [-0.25, -0.2) is 4.98 Å². The first kappa shape index (κ1) is 13.6. The maximum absolute atomic E-state index is 4.43. The minimum atomic E-state index is 0.750. The van der Waals surface area contributed by atoms with Gasteiger partial charge in [0, 0.05) is 32.0 Å². The average molecular weight is 281 g/mol. The summed E-state index contributed by atoms with van der Waals surface area (Å²) in [5.74, 6) is 0.996. The molecule has 21 heavy (non-hydrogen) atoms. The first-order valence-corrected chi connectivity index (χ1v) is 7.02. The molecule has 0 bridgehead atoms. The van der Waals surface area contributed by atoms with E-state index in [2.05, 4.69) is 32.1 Å². The second-order valence-corrected chi connectivity index (χ2v) is 5.05. The normalized spacial score (nSPS) is 11.0. The summed E-state index contributed by atoms with van der Waals surface area (Å²) in [6.45, 7) is 3.53. The van der Waals surface area contributed by atoms with Crippen LogP contribution in [0, 0.1) is 6.92 Å². The molecule has 3 rings (SSSR count). The van der Waals surface area contributed by atoms with Gasteiger partial charge in [-0.15, -0.1) is 0 Å². The number of aromatic nitrogens is 4. The van der Waals surface area contributed by atoms with E-state index in [1.807, 2.05) is 55.3 Å². The van der Waals surface area contributed by atoms with Crippen LogP contribution in [0.15, 0.2) is 48.8 Å². The third kappa shape index (κ3) is 3.03. The highest BCUT2D eigenvalue weighted by Crippen LogP contribution is 2.14. The van der Waals surface area contributed by atoms with Crippen molar-refractivity contribution < 1.29 is 0 Å². The summed E-state index contributed by atoms with van der Waals surface area (Å²) in [5, 5.41) is 7.78. The first-order chi connectivity index (χ1) is 10.2. The molecule has 2 heterocycles. The first-order valence-electron chi connectivity index (χ1n) is 7.02. The van der Waals surface area contributed by atoms with Gasteiger partial charge in [0.2, 0.25) is 0 Å². The van der Waals surface area contributed by atoms with Crippen molar-refractivity contribution in [3.05, 3.63) is 66.0 Å². The Balaban J connectivity index is 1.72. The van der Waals surface area contributed by atoms with Gasteiger partial charge >= 0.3 is 0 Å². The second kappa shape index (κ2) is 5.93. The van der Waals surface area contributed by atoms with Crippen molar-refractivity contribution in [2.24, 2.45) is 7.05 Å². The highest BCUT2D eigenvalue weighted by atomic mass is 15.3. The third-order valence-electron chi connectivity index (χ3n) is 3.41. The Morgan fingerprint density at radius 2 is 1.90 bits per heavy atom. The van der Waals surface area contributed by atoms with Crippen LogP contribution >= 0.6 is 0 Å². The van der Waals surface area contributed by atoms with E-state index in [0.717, 1.165) is 36.0 Å². The summed E-state index contributed by atoms with van der Waals surface area (Å²) in [5.41, 5.74) is 3.33. The van der Waals surface area contributed by atoms with E-state index in [4.69, 9.17) is 0 Å². The third-order valence-corrected chi connectivity index (χ3v) is 3.41. The van der Waals surface area contributed by atoms with Crippen molar-refractivity contribution in [2.75, 3.05) is 0 Å². The van der Waals surface area contributed by atoms with Crippen LogP contribution in [0.4, 0.5) is 0 Å². The van der Waals surface area contributed by atoms with Crippen LogP contribution in [0.3, 0.4) is 0 Å². The van der Waals surface area contributed by atoms with Crippen molar-refractivity contribution in [3.63, 3.8) is 0 Å². The lowest BCUT2D eigenvalue weighted by molar-refractivity contribution is 0.640. The van der Waals surface area contributed by atoms with E-state index in [-0.39, 0.29) is 0 Å². The molecule has 0 amide bonds. The number of hydrogen-bond donors (Lipinski definition) is 1. The Kier molecular flexibility index (Phi) is 3.83. The highest BCUT2D eigenvalue weighted by Gasteiger charge is 2.08. The van der Waals surface area contributed by atoms with Crippen LogP contribution in [0.5, 0.6) is 0 Å². The summed E-state index contributed by atoms with van der Waals surface area (Å²) in [4.78, 5) is 4.43. The molecule has 0 aliphatic carbocycles. The van der Waals surface area contributed by atoms with Crippen molar-refractivity contribution in [3.8, 4) is 5.69 Å². The Morgan fingerprint density at radius 3 is 2.62 bits per heavy atom. The van der Waals surface area contributed by atoms with E-state index < -0.39 is 0 Å². The number of para-hydroxylation sites is 1. The number of benzene rings is 1. The van der Waals surface area contributed by atoms with E-state index in [9.17, 15) is 0 Å². The number of rotatable bonds is 5. The predicted molar refractivity (Wildman–Crippen MR) is 82.1 cm³/mol. The van der Waals surface area contributed by atoms with Gasteiger partial charge in [-0.05, 0) is 25.1 Å². The molecule has 0 fully saturated rings. The lowest BCUT2D eigenvalue weighted by atomic mass is 10.3. The fraction of sp³-hybridized carbons (Fsp3) is 0.250. The lowest BCUT2D eigenvalue weighted by Gasteiger charge is -2.10. The molecule has 0 saturated heterocycles. The molecular formula is C16H19N5. The zero-order chi connectivity index (χ0) is 14.7. The number of hydrogen-bond acceptors (Lipinski definition) is 3. The molecule has 0 aliphatic heterocycles. The molecule has 5 nitrogen and oxygen atoms in total. The van der Waals surface area contributed by atoms with Gasteiger partial charge in [0.15, 0.2) is 0 Å². The van der Waals surface area contributed by atoms with E-state index in [1.165, 1.54) is 0 Å². The molecule has 0 saturated carbocycles. The Hall–Kier alpha value is -2.40. The fourth-order valence-corrected chi connectivity index (χ4v) is 2.42. The van der Waals surface area contributed by atoms with Gasteiger partial charge in [0.25, 0.3) is 0 Å². The molecule has 1 aromatic carbocycles. The molecule has 1 N–H and O–H groups in total. The SMILES string of the molecule is Cc1ncc(CNCc2ccn(C)n2)n1-c1ccccc1. The summed E-state index contributed by atoms with van der Waals surface area (Å²) in [7, 11) is 1.93. The highest BCUT2D eigenvalue weighted by molar-refractivity contribution is 5.35. The lowest BCUT2D eigenvalue weighted by Crippen LogP contribution is -2.16. The summed E-state index contributed by atoms with van der Waals surface area (Å²) in [6.07, 6.45) is 3.88. The minimum Gasteiger partial charge on any atom is -0.305 e. The molecule has 0 spiro atoms. The topological polar surface area (TPSA) is 47.7 Å². The van der Waals surface area contributed by atoms with Gasteiger partial charge in [-0.2, -0.15) is 5.10 Å². The fourth-order valence-electron chi connectivity index (χ4n) is 2.42. The average Bonchev–Trinajstić information content (AvgIpc) is 3.06. The van der Waals surface area contributed by atoms with Gasteiger partial charge < -0.3 is 5.32 Å². The monoisotopic (exact) mass is 281 g/mol. The number of nitrogens with one attached hydrogen (secondary N) is 1. The van der Waals surface area contributed by atoms with Crippen LogP contribution in [-0.4, -0.2) is 19.3 Å². The van der Waals surface area contributed by atoms with Crippen molar-refractivity contribution in [1.82, 2.24) is 24.6 Å². The number of nitrogens with zero attached hydrogens (tertiary/aromatic N) is 4. The Labute approximate surface area is 124 Å². The molecular weight excluding hydrogens is 262 g/mol. The molecule has 2 aromatic heterocycles. The Morgan fingerprint density at radius 1 is 1.10 bits per heavy atom. The minimum absolute atomic E-state index is 0.750.